The molecule has 0 saturated heterocycles. The van der Waals surface area contributed by atoms with Crippen LogP contribution in [0.5, 0.6) is 0 Å². The average Bonchev–Trinajstić information content (AvgIpc) is 2.63. The molecule has 0 atom stereocenters. The predicted molar refractivity (Wildman–Crippen MR) is 103 cm³/mol. The van der Waals surface area contributed by atoms with E-state index in [0.29, 0.717) is 5.56 Å². The Kier molecular flexibility index (Phi) is 4.99. The number of carboxylic acids is 1. The molecule has 0 amide bonds. The molecule has 0 radical (unpaired) electrons. The van der Waals surface area contributed by atoms with E-state index in [-0.39, 0.29) is 0 Å². The molecule has 126 valence electrons. The molecule has 0 aromatic heterocycles. The van der Waals surface area contributed by atoms with Gasteiger partial charge in [-0.2, -0.15) is 0 Å². The van der Waals surface area contributed by atoms with E-state index in [9.17, 15) is 4.79 Å². The number of benzene rings is 3. The second-order valence-electron chi connectivity index (χ2n) is 6.28. The van der Waals surface area contributed by atoms with Crippen LogP contribution in [0.25, 0.3) is 22.3 Å². The number of carbonyl (C=O) groups is 1. The van der Waals surface area contributed by atoms with E-state index in [2.05, 4.69) is 56.3 Å². The quantitative estimate of drug-likeness (QED) is 0.625. The average molecular weight is 330 g/mol. The molecule has 3 aromatic carbocycles. The highest BCUT2D eigenvalue weighted by molar-refractivity contribution is 5.89. The number of hydrogen-bond acceptors (Lipinski definition) is 1. The molecule has 3 rings (SSSR count). The summed E-state index contributed by atoms with van der Waals surface area (Å²) in [6, 6.07) is 22.0. The summed E-state index contributed by atoms with van der Waals surface area (Å²) in [5.74, 6) is -0.894. The molecule has 2 nitrogen and oxygen atoms in total. The normalized spacial score (nSPS) is 10.6. The van der Waals surface area contributed by atoms with E-state index in [1.165, 1.54) is 27.8 Å². The van der Waals surface area contributed by atoms with Gasteiger partial charge >= 0.3 is 5.97 Å². The van der Waals surface area contributed by atoms with Gasteiger partial charge in [0.2, 0.25) is 0 Å². The zero-order valence-electron chi connectivity index (χ0n) is 14.6. The second kappa shape index (κ2) is 7.35. The van der Waals surface area contributed by atoms with Crippen LogP contribution in [0.15, 0.2) is 66.7 Å². The molecule has 0 unspecified atom stereocenters. The summed E-state index contributed by atoms with van der Waals surface area (Å²) >= 11 is 0. The summed E-state index contributed by atoms with van der Waals surface area (Å²) in [6.45, 7) is 4.32. The number of aryl methyl sites for hydroxylation is 1. The van der Waals surface area contributed by atoms with E-state index in [1.807, 2.05) is 12.1 Å². The van der Waals surface area contributed by atoms with E-state index in [0.717, 1.165) is 18.4 Å². The Balaban J connectivity index is 2.16. The van der Waals surface area contributed by atoms with Gasteiger partial charge in [0.1, 0.15) is 0 Å². The van der Waals surface area contributed by atoms with Gasteiger partial charge in [-0.3, -0.25) is 0 Å². The SMILES string of the molecule is CCCc1c(-c2ccc(C(=O)O)cc2)cccc1-c1ccccc1C. The summed E-state index contributed by atoms with van der Waals surface area (Å²) in [5.41, 5.74) is 7.66. The van der Waals surface area contributed by atoms with Gasteiger partial charge in [0.25, 0.3) is 0 Å². The summed E-state index contributed by atoms with van der Waals surface area (Å²) in [6.07, 6.45) is 2.05. The van der Waals surface area contributed by atoms with E-state index in [1.54, 1.807) is 12.1 Å². The Bertz CT molecular complexity index is 892. The van der Waals surface area contributed by atoms with Crippen molar-refractivity contribution in [2.45, 2.75) is 26.7 Å². The summed E-state index contributed by atoms with van der Waals surface area (Å²) in [5, 5.41) is 9.11. The fourth-order valence-electron chi connectivity index (χ4n) is 3.30. The number of hydrogen-bond donors (Lipinski definition) is 1. The third-order valence-electron chi connectivity index (χ3n) is 4.55. The minimum Gasteiger partial charge on any atom is -0.478 e. The molecule has 0 aliphatic rings. The molecule has 1 N–H and O–H groups in total. The first-order valence-electron chi connectivity index (χ1n) is 8.63. The van der Waals surface area contributed by atoms with Crippen LogP contribution in [0.3, 0.4) is 0 Å². The van der Waals surface area contributed by atoms with Crippen LogP contribution in [-0.4, -0.2) is 11.1 Å². The van der Waals surface area contributed by atoms with Crippen LogP contribution in [0.1, 0.15) is 34.8 Å². The number of rotatable bonds is 5. The van der Waals surface area contributed by atoms with Gasteiger partial charge in [0.05, 0.1) is 5.56 Å². The first kappa shape index (κ1) is 17.0. The third-order valence-corrected chi connectivity index (χ3v) is 4.55. The zero-order valence-corrected chi connectivity index (χ0v) is 14.6. The van der Waals surface area contributed by atoms with E-state index < -0.39 is 5.97 Å². The first-order chi connectivity index (χ1) is 12.1. The Morgan fingerprint density at radius 1 is 0.840 bits per heavy atom. The van der Waals surface area contributed by atoms with Crippen LogP contribution in [0, 0.1) is 6.92 Å². The van der Waals surface area contributed by atoms with Crippen molar-refractivity contribution < 1.29 is 9.90 Å². The summed E-state index contributed by atoms with van der Waals surface area (Å²) in [4.78, 5) is 11.1. The van der Waals surface area contributed by atoms with Crippen LogP contribution in [0.4, 0.5) is 0 Å². The van der Waals surface area contributed by atoms with Crippen molar-refractivity contribution >= 4 is 5.97 Å². The van der Waals surface area contributed by atoms with Gasteiger partial charge in [-0.15, -0.1) is 0 Å². The van der Waals surface area contributed by atoms with Gasteiger partial charge < -0.3 is 5.11 Å². The summed E-state index contributed by atoms with van der Waals surface area (Å²) in [7, 11) is 0. The maximum absolute atomic E-state index is 11.1. The molecule has 0 spiro atoms. The Morgan fingerprint density at radius 3 is 2.12 bits per heavy atom. The molecule has 0 saturated carbocycles. The topological polar surface area (TPSA) is 37.3 Å². The molecule has 0 bridgehead atoms. The van der Waals surface area contributed by atoms with Gasteiger partial charge in [0, 0.05) is 0 Å². The molecular formula is C23H22O2. The summed E-state index contributed by atoms with van der Waals surface area (Å²) < 4.78 is 0. The van der Waals surface area contributed by atoms with Crippen molar-refractivity contribution in [2.75, 3.05) is 0 Å². The van der Waals surface area contributed by atoms with Gasteiger partial charge in [-0.05, 0) is 58.9 Å². The maximum atomic E-state index is 11.1. The van der Waals surface area contributed by atoms with Crippen LogP contribution in [0.2, 0.25) is 0 Å². The van der Waals surface area contributed by atoms with E-state index >= 15 is 0 Å². The highest BCUT2D eigenvalue weighted by Gasteiger charge is 2.13. The molecule has 0 fully saturated rings. The Hall–Kier alpha value is -2.87. The lowest BCUT2D eigenvalue weighted by molar-refractivity contribution is 0.0697. The third kappa shape index (κ3) is 3.48. The van der Waals surface area contributed by atoms with Crippen molar-refractivity contribution in [2.24, 2.45) is 0 Å². The zero-order chi connectivity index (χ0) is 17.8. The highest BCUT2D eigenvalue weighted by Crippen LogP contribution is 2.34. The molecule has 2 heteroatoms. The maximum Gasteiger partial charge on any atom is 0.335 e. The molecule has 0 aliphatic carbocycles. The Labute approximate surface area is 148 Å². The number of carboxylic acid groups (broad SMARTS) is 1. The monoisotopic (exact) mass is 330 g/mol. The van der Waals surface area contributed by atoms with Crippen LogP contribution >= 0.6 is 0 Å². The van der Waals surface area contributed by atoms with E-state index in [4.69, 9.17) is 5.11 Å². The predicted octanol–water partition coefficient (Wildman–Crippen LogP) is 5.98. The fraction of sp³-hybridized carbons (Fsp3) is 0.174. The molecular weight excluding hydrogens is 308 g/mol. The molecule has 0 aliphatic heterocycles. The van der Waals surface area contributed by atoms with Gasteiger partial charge in [0.15, 0.2) is 0 Å². The fourth-order valence-corrected chi connectivity index (χ4v) is 3.30. The smallest absolute Gasteiger partial charge is 0.335 e. The highest BCUT2D eigenvalue weighted by atomic mass is 16.4. The minimum absolute atomic E-state index is 0.316. The number of aromatic carboxylic acids is 1. The largest absolute Gasteiger partial charge is 0.478 e. The standard InChI is InChI=1S/C23H22O2/c1-3-7-21-20(17-12-14-18(15-13-17)23(24)25)10-6-11-22(21)19-9-5-4-8-16(19)2/h4-6,8-15H,3,7H2,1-2H3,(H,24,25). The van der Waals surface area contributed by atoms with Crippen molar-refractivity contribution in [3.8, 4) is 22.3 Å². The molecule has 25 heavy (non-hydrogen) atoms. The Morgan fingerprint density at radius 2 is 1.48 bits per heavy atom. The van der Waals surface area contributed by atoms with Crippen LogP contribution < -0.4 is 0 Å². The lowest BCUT2D eigenvalue weighted by Gasteiger charge is -2.16. The molecule has 3 aromatic rings. The lowest BCUT2D eigenvalue weighted by atomic mass is 9.88. The first-order valence-corrected chi connectivity index (χ1v) is 8.63. The van der Waals surface area contributed by atoms with Gasteiger partial charge in [-0.25, -0.2) is 4.79 Å². The van der Waals surface area contributed by atoms with Crippen molar-refractivity contribution in [3.63, 3.8) is 0 Å². The minimum atomic E-state index is -0.894. The van der Waals surface area contributed by atoms with Crippen molar-refractivity contribution in [1.29, 1.82) is 0 Å². The van der Waals surface area contributed by atoms with Crippen molar-refractivity contribution in [3.05, 3.63) is 83.4 Å². The van der Waals surface area contributed by atoms with Gasteiger partial charge in [-0.1, -0.05) is 67.9 Å². The van der Waals surface area contributed by atoms with Crippen molar-refractivity contribution in [1.82, 2.24) is 0 Å². The second-order valence-corrected chi connectivity index (χ2v) is 6.28. The van der Waals surface area contributed by atoms with Crippen LogP contribution in [-0.2, 0) is 6.42 Å². The molecule has 0 heterocycles. The lowest BCUT2D eigenvalue weighted by Crippen LogP contribution is -1.97.